The van der Waals surface area contributed by atoms with E-state index in [0.29, 0.717) is 28.6 Å². The largest absolute Gasteiger partial charge is 0.347 e. The first-order valence-corrected chi connectivity index (χ1v) is 7.92. The molecule has 124 valence electrons. The fourth-order valence-corrected chi connectivity index (χ4v) is 2.38. The Morgan fingerprint density at radius 2 is 1.62 bits per heavy atom. The molecular weight excluding hydrogens is 349 g/mol. The van der Waals surface area contributed by atoms with Crippen LogP contribution in [0.25, 0.3) is 0 Å². The fraction of sp³-hybridized carbons (Fsp3) is 0.118. The van der Waals surface area contributed by atoms with Gasteiger partial charge in [-0.05, 0) is 24.1 Å². The lowest BCUT2D eigenvalue weighted by atomic mass is 10.1. The molecule has 0 aliphatic heterocycles. The van der Waals surface area contributed by atoms with Crippen LogP contribution < -0.4 is 10.7 Å². The van der Waals surface area contributed by atoms with E-state index in [1.807, 2.05) is 30.3 Å². The molecule has 7 heteroatoms. The summed E-state index contributed by atoms with van der Waals surface area (Å²) in [6.45, 7) is 0.357. The second-order valence-corrected chi connectivity index (χ2v) is 5.64. The monoisotopic (exact) mass is 363 g/mol. The van der Waals surface area contributed by atoms with Gasteiger partial charge in [0.2, 0.25) is 0 Å². The maximum Gasteiger partial charge on any atom is 0.329 e. The van der Waals surface area contributed by atoms with E-state index in [0.717, 1.165) is 5.56 Å². The summed E-state index contributed by atoms with van der Waals surface area (Å²) in [4.78, 5) is 23.3. The Morgan fingerprint density at radius 1 is 0.958 bits per heavy atom. The quantitative estimate of drug-likeness (QED) is 0.487. The molecule has 24 heavy (non-hydrogen) atoms. The van der Waals surface area contributed by atoms with E-state index in [-0.39, 0.29) is 0 Å². The van der Waals surface area contributed by atoms with Gasteiger partial charge in [0.25, 0.3) is 0 Å². The van der Waals surface area contributed by atoms with Crippen LogP contribution in [0, 0.1) is 0 Å². The molecule has 2 rings (SSSR count). The summed E-state index contributed by atoms with van der Waals surface area (Å²) in [6, 6.07) is 14.6. The lowest BCUT2D eigenvalue weighted by molar-refractivity contribution is -0.139. The highest BCUT2D eigenvalue weighted by Gasteiger charge is 2.11. The minimum Gasteiger partial charge on any atom is -0.347 e. The molecular formula is C17H15Cl2N3O2. The zero-order chi connectivity index (χ0) is 17.4. The summed E-state index contributed by atoms with van der Waals surface area (Å²) in [7, 11) is 0. The molecule has 0 unspecified atom stereocenters. The van der Waals surface area contributed by atoms with Gasteiger partial charge in [-0.3, -0.25) is 9.59 Å². The minimum absolute atomic E-state index is 0.357. The van der Waals surface area contributed by atoms with Gasteiger partial charge in [0, 0.05) is 12.1 Å². The predicted molar refractivity (Wildman–Crippen MR) is 95.4 cm³/mol. The van der Waals surface area contributed by atoms with Crippen molar-refractivity contribution in [3.05, 3.63) is 69.7 Å². The number of carbonyl (C=O) groups excluding carboxylic acids is 2. The molecule has 2 amide bonds. The van der Waals surface area contributed by atoms with Crippen LogP contribution in [0.1, 0.15) is 11.1 Å². The molecule has 5 nitrogen and oxygen atoms in total. The highest BCUT2D eigenvalue weighted by atomic mass is 35.5. The Morgan fingerprint density at radius 3 is 2.29 bits per heavy atom. The summed E-state index contributed by atoms with van der Waals surface area (Å²) in [6.07, 6.45) is 1.93. The van der Waals surface area contributed by atoms with Crippen molar-refractivity contribution >= 4 is 41.2 Å². The molecule has 0 aromatic heterocycles. The van der Waals surface area contributed by atoms with Crippen molar-refractivity contribution in [2.45, 2.75) is 6.42 Å². The topological polar surface area (TPSA) is 70.6 Å². The lowest BCUT2D eigenvalue weighted by Gasteiger charge is -2.04. The number of benzene rings is 2. The molecule has 0 aliphatic carbocycles. The third-order valence-corrected chi connectivity index (χ3v) is 3.77. The number of amides is 2. The van der Waals surface area contributed by atoms with E-state index < -0.39 is 11.8 Å². The first kappa shape index (κ1) is 18.0. The summed E-state index contributed by atoms with van der Waals surface area (Å²) in [5.41, 5.74) is 3.67. The van der Waals surface area contributed by atoms with Crippen LogP contribution in [-0.4, -0.2) is 24.6 Å². The SMILES string of the molecule is O=C(NCCc1ccccc1)C(=O)N/N=C\c1c(Cl)cccc1Cl. The van der Waals surface area contributed by atoms with Gasteiger partial charge in [-0.2, -0.15) is 5.10 Å². The third-order valence-electron chi connectivity index (χ3n) is 3.11. The van der Waals surface area contributed by atoms with Gasteiger partial charge in [-0.15, -0.1) is 0 Å². The maximum atomic E-state index is 11.7. The number of hydrogen-bond donors (Lipinski definition) is 2. The first-order valence-electron chi connectivity index (χ1n) is 7.17. The molecule has 0 radical (unpaired) electrons. The fourth-order valence-electron chi connectivity index (χ4n) is 1.89. The van der Waals surface area contributed by atoms with Crippen LogP contribution in [0.5, 0.6) is 0 Å². The second kappa shape index (κ2) is 9.05. The van der Waals surface area contributed by atoms with Crippen molar-refractivity contribution in [1.82, 2.24) is 10.7 Å². The van der Waals surface area contributed by atoms with Gasteiger partial charge < -0.3 is 5.32 Å². The molecule has 0 fully saturated rings. The summed E-state index contributed by atoms with van der Waals surface area (Å²) < 4.78 is 0. The van der Waals surface area contributed by atoms with Crippen LogP contribution in [0.15, 0.2) is 53.6 Å². The summed E-state index contributed by atoms with van der Waals surface area (Å²) >= 11 is 11.9. The Balaban J connectivity index is 1.79. The van der Waals surface area contributed by atoms with Crippen LogP contribution >= 0.6 is 23.2 Å². The van der Waals surface area contributed by atoms with E-state index in [9.17, 15) is 9.59 Å². The molecule has 0 saturated heterocycles. The average Bonchev–Trinajstić information content (AvgIpc) is 2.58. The van der Waals surface area contributed by atoms with Crippen LogP contribution in [0.3, 0.4) is 0 Å². The zero-order valence-corrected chi connectivity index (χ0v) is 14.1. The second-order valence-electron chi connectivity index (χ2n) is 4.83. The number of rotatable bonds is 5. The highest BCUT2D eigenvalue weighted by molar-refractivity contribution is 6.38. The van der Waals surface area contributed by atoms with Gasteiger partial charge >= 0.3 is 11.8 Å². The van der Waals surface area contributed by atoms with Crippen molar-refractivity contribution < 1.29 is 9.59 Å². The van der Waals surface area contributed by atoms with E-state index in [2.05, 4.69) is 15.8 Å². The number of halogens is 2. The first-order chi connectivity index (χ1) is 11.6. The summed E-state index contributed by atoms with van der Waals surface area (Å²) in [5.74, 6) is -1.61. The molecule has 2 N–H and O–H groups in total. The zero-order valence-electron chi connectivity index (χ0n) is 12.6. The highest BCUT2D eigenvalue weighted by Crippen LogP contribution is 2.21. The lowest BCUT2D eigenvalue weighted by Crippen LogP contribution is -2.38. The molecule has 0 saturated carbocycles. The van der Waals surface area contributed by atoms with E-state index in [1.165, 1.54) is 6.21 Å². The predicted octanol–water partition coefficient (Wildman–Crippen LogP) is 2.80. The minimum atomic E-state index is -0.859. The molecule has 0 atom stereocenters. The van der Waals surface area contributed by atoms with Crippen LogP contribution in [0.2, 0.25) is 10.0 Å². The normalized spacial score (nSPS) is 10.6. The van der Waals surface area contributed by atoms with Crippen molar-refractivity contribution in [2.24, 2.45) is 5.10 Å². The standard InChI is InChI=1S/C17H15Cl2N3O2/c18-14-7-4-8-15(19)13(14)11-21-22-17(24)16(23)20-10-9-12-5-2-1-3-6-12/h1-8,11H,9-10H2,(H,20,23)(H,22,24)/b21-11-. The van der Waals surface area contributed by atoms with Crippen molar-refractivity contribution in [2.75, 3.05) is 6.54 Å². The van der Waals surface area contributed by atoms with Gasteiger partial charge in [0.05, 0.1) is 16.3 Å². The molecule has 2 aromatic carbocycles. The molecule has 2 aromatic rings. The number of hydrogen-bond acceptors (Lipinski definition) is 3. The Bertz CT molecular complexity index is 729. The van der Waals surface area contributed by atoms with E-state index in [4.69, 9.17) is 23.2 Å². The van der Waals surface area contributed by atoms with E-state index >= 15 is 0 Å². The van der Waals surface area contributed by atoms with Crippen LogP contribution in [0.4, 0.5) is 0 Å². The average molecular weight is 364 g/mol. The molecule has 0 bridgehead atoms. The summed E-state index contributed by atoms with van der Waals surface area (Å²) in [5, 5.41) is 7.01. The van der Waals surface area contributed by atoms with Crippen molar-refractivity contribution in [3.63, 3.8) is 0 Å². The number of nitrogens with one attached hydrogen (secondary N) is 2. The van der Waals surface area contributed by atoms with Gasteiger partial charge in [0.15, 0.2) is 0 Å². The number of carbonyl (C=O) groups is 2. The van der Waals surface area contributed by atoms with Crippen LogP contribution in [-0.2, 0) is 16.0 Å². The van der Waals surface area contributed by atoms with Crippen molar-refractivity contribution in [1.29, 1.82) is 0 Å². The maximum absolute atomic E-state index is 11.7. The molecule has 0 spiro atoms. The molecule has 0 aliphatic rings. The number of hydrazone groups is 1. The van der Waals surface area contributed by atoms with E-state index in [1.54, 1.807) is 18.2 Å². The molecule has 0 heterocycles. The third kappa shape index (κ3) is 5.37. The smallest absolute Gasteiger partial charge is 0.329 e. The Kier molecular flexibility index (Phi) is 6.78. The Labute approximate surface area is 149 Å². The van der Waals surface area contributed by atoms with Gasteiger partial charge in [0.1, 0.15) is 0 Å². The Hall–Kier alpha value is -2.37. The van der Waals surface area contributed by atoms with Crippen molar-refractivity contribution in [3.8, 4) is 0 Å². The van der Waals surface area contributed by atoms with Gasteiger partial charge in [-0.1, -0.05) is 59.6 Å². The van der Waals surface area contributed by atoms with Gasteiger partial charge in [-0.25, -0.2) is 5.43 Å². The number of nitrogens with zero attached hydrogens (tertiary/aromatic N) is 1.